The van der Waals surface area contributed by atoms with Gasteiger partial charge in [0.25, 0.3) is 0 Å². The largest absolute Gasteiger partial charge is 0.493 e. The van der Waals surface area contributed by atoms with Crippen LogP contribution in [0.3, 0.4) is 0 Å². The lowest BCUT2D eigenvalue weighted by Gasteiger charge is -2.26. The normalized spacial score (nSPS) is 16.9. The first-order valence-electron chi connectivity index (χ1n) is 7.18. The molecule has 0 spiro atoms. The molecule has 0 aromatic heterocycles. The van der Waals surface area contributed by atoms with Crippen LogP contribution >= 0.6 is 15.9 Å². The number of hydrogen-bond acceptors (Lipinski definition) is 2. The first-order chi connectivity index (χ1) is 10.7. The molecule has 1 aliphatic heterocycles. The molecule has 1 amide bonds. The standard InChI is InChI=1S/C18H16BrNO2/c19-14-5-3-4-13(12-14)8-9-18(21)20-16-10-11-22-17-7-2-1-6-15(16)17/h1-9,12,16H,10-11H2,(H,20,21)/b9-8+. The Morgan fingerprint density at radius 1 is 1.23 bits per heavy atom. The maximum atomic E-state index is 12.1. The second-order valence-electron chi connectivity index (χ2n) is 5.12. The number of ether oxygens (including phenoxy) is 1. The first kappa shape index (κ1) is 14.9. The molecule has 1 heterocycles. The van der Waals surface area contributed by atoms with Crippen molar-refractivity contribution < 1.29 is 9.53 Å². The van der Waals surface area contributed by atoms with Gasteiger partial charge in [-0.05, 0) is 29.8 Å². The molecule has 0 fully saturated rings. The minimum atomic E-state index is -0.0957. The van der Waals surface area contributed by atoms with Gasteiger partial charge >= 0.3 is 0 Å². The number of rotatable bonds is 3. The van der Waals surface area contributed by atoms with Crippen molar-refractivity contribution in [2.24, 2.45) is 0 Å². The Labute approximate surface area is 138 Å². The maximum absolute atomic E-state index is 12.1. The highest BCUT2D eigenvalue weighted by Gasteiger charge is 2.21. The predicted octanol–water partition coefficient (Wildman–Crippen LogP) is 4.10. The summed E-state index contributed by atoms with van der Waals surface area (Å²) in [6.45, 7) is 0.622. The predicted molar refractivity (Wildman–Crippen MR) is 90.6 cm³/mol. The summed E-state index contributed by atoms with van der Waals surface area (Å²) in [4.78, 5) is 12.1. The van der Waals surface area contributed by atoms with Crippen LogP contribution in [0.4, 0.5) is 0 Å². The summed E-state index contributed by atoms with van der Waals surface area (Å²) in [7, 11) is 0. The highest BCUT2D eigenvalue weighted by molar-refractivity contribution is 9.10. The van der Waals surface area contributed by atoms with Crippen molar-refractivity contribution in [2.45, 2.75) is 12.5 Å². The zero-order valence-corrected chi connectivity index (χ0v) is 13.5. The quantitative estimate of drug-likeness (QED) is 0.839. The fraction of sp³-hybridized carbons (Fsp3) is 0.167. The fourth-order valence-electron chi connectivity index (χ4n) is 2.49. The van der Waals surface area contributed by atoms with Gasteiger partial charge in [0.1, 0.15) is 5.75 Å². The summed E-state index contributed by atoms with van der Waals surface area (Å²) in [5.74, 6) is 0.761. The van der Waals surface area contributed by atoms with E-state index in [1.165, 1.54) is 0 Å². The third-order valence-electron chi connectivity index (χ3n) is 3.55. The lowest BCUT2D eigenvalue weighted by Crippen LogP contribution is -2.30. The van der Waals surface area contributed by atoms with Crippen molar-refractivity contribution >= 4 is 27.9 Å². The minimum absolute atomic E-state index is 0.00427. The van der Waals surface area contributed by atoms with Crippen LogP contribution in [0, 0.1) is 0 Å². The van der Waals surface area contributed by atoms with Gasteiger partial charge in [-0.1, -0.05) is 46.3 Å². The molecule has 2 aromatic rings. The van der Waals surface area contributed by atoms with E-state index >= 15 is 0 Å². The number of nitrogens with one attached hydrogen (secondary N) is 1. The van der Waals surface area contributed by atoms with Crippen LogP contribution in [0.1, 0.15) is 23.6 Å². The number of carbonyl (C=O) groups is 1. The van der Waals surface area contributed by atoms with E-state index in [9.17, 15) is 4.79 Å². The number of hydrogen-bond donors (Lipinski definition) is 1. The SMILES string of the molecule is O=C(/C=C/c1cccc(Br)c1)NC1CCOc2ccccc21. The lowest BCUT2D eigenvalue weighted by molar-refractivity contribution is -0.117. The summed E-state index contributed by atoms with van der Waals surface area (Å²) in [5, 5.41) is 3.04. The van der Waals surface area contributed by atoms with E-state index in [1.54, 1.807) is 6.08 Å². The number of carbonyl (C=O) groups excluding carboxylic acids is 1. The Balaban J connectivity index is 1.68. The molecule has 0 saturated heterocycles. The Morgan fingerprint density at radius 3 is 2.95 bits per heavy atom. The molecular weight excluding hydrogens is 342 g/mol. The van der Waals surface area contributed by atoms with E-state index in [1.807, 2.05) is 54.6 Å². The fourth-order valence-corrected chi connectivity index (χ4v) is 2.91. The van der Waals surface area contributed by atoms with Crippen molar-refractivity contribution in [3.8, 4) is 5.75 Å². The molecule has 3 rings (SSSR count). The van der Waals surface area contributed by atoms with Gasteiger partial charge in [0.05, 0.1) is 12.6 Å². The van der Waals surface area contributed by atoms with Crippen molar-refractivity contribution in [1.82, 2.24) is 5.32 Å². The van der Waals surface area contributed by atoms with Crippen LogP contribution in [0.5, 0.6) is 5.75 Å². The summed E-state index contributed by atoms with van der Waals surface area (Å²) >= 11 is 3.42. The lowest BCUT2D eigenvalue weighted by atomic mass is 10.0. The van der Waals surface area contributed by atoms with Gasteiger partial charge in [-0.15, -0.1) is 0 Å². The molecule has 2 aromatic carbocycles. The number of benzene rings is 2. The van der Waals surface area contributed by atoms with Gasteiger partial charge < -0.3 is 10.1 Å². The molecule has 1 unspecified atom stereocenters. The van der Waals surface area contributed by atoms with Crippen LogP contribution in [-0.2, 0) is 4.79 Å². The molecule has 1 N–H and O–H groups in total. The van der Waals surface area contributed by atoms with Crippen LogP contribution in [0.15, 0.2) is 59.1 Å². The molecule has 22 heavy (non-hydrogen) atoms. The monoisotopic (exact) mass is 357 g/mol. The van der Waals surface area contributed by atoms with Gasteiger partial charge in [-0.25, -0.2) is 0 Å². The molecule has 0 saturated carbocycles. The highest BCUT2D eigenvalue weighted by Crippen LogP contribution is 2.31. The second kappa shape index (κ2) is 6.79. The number of para-hydroxylation sites is 1. The van der Waals surface area contributed by atoms with E-state index < -0.39 is 0 Å². The molecule has 0 radical (unpaired) electrons. The van der Waals surface area contributed by atoms with Gasteiger partial charge in [0.2, 0.25) is 5.91 Å². The van der Waals surface area contributed by atoms with Crippen LogP contribution in [-0.4, -0.2) is 12.5 Å². The Hall–Kier alpha value is -2.07. The van der Waals surface area contributed by atoms with Crippen molar-refractivity contribution in [3.05, 3.63) is 70.2 Å². The van der Waals surface area contributed by atoms with Gasteiger partial charge in [0.15, 0.2) is 0 Å². The molecule has 3 nitrogen and oxygen atoms in total. The van der Waals surface area contributed by atoms with E-state index in [2.05, 4.69) is 21.2 Å². The average Bonchev–Trinajstić information content (AvgIpc) is 2.53. The van der Waals surface area contributed by atoms with Crippen LogP contribution < -0.4 is 10.1 Å². The van der Waals surface area contributed by atoms with Gasteiger partial charge in [-0.2, -0.15) is 0 Å². The van der Waals surface area contributed by atoms with E-state index in [4.69, 9.17) is 4.74 Å². The maximum Gasteiger partial charge on any atom is 0.244 e. The molecule has 1 atom stereocenters. The summed E-state index contributed by atoms with van der Waals surface area (Å²) < 4.78 is 6.60. The first-order valence-corrected chi connectivity index (χ1v) is 7.97. The van der Waals surface area contributed by atoms with Gasteiger partial charge in [-0.3, -0.25) is 4.79 Å². The number of fused-ring (bicyclic) bond motifs is 1. The Morgan fingerprint density at radius 2 is 2.09 bits per heavy atom. The molecule has 0 bridgehead atoms. The second-order valence-corrected chi connectivity index (χ2v) is 6.04. The molecule has 112 valence electrons. The van der Waals surface area contributed by atoms with E-state index in [0.717, 1.165) is 27.8 Å². The Bertz CT molecular complexity index is 712. The highest BCUT2D eigenvalue weighted by atomic mass is 79.9. The third kappa shape index (κ3) is 3.57. The van der Waals surface area contributed by atoms with E-state index in [0.29, 0.717) is 6.61 Å². The number of halogens is 1. The summed E-state index contributed by atoms with van der Waals surface area (Å²) in [5.41, 5.74) is 2.02. The number of amides is 1. The third-order valence-corrected chi connectivity index (χ3v) is 4.04. The van der Waals surface area contributed by atoms with Gasteiger partial charge in [0, 0.05) is 22.5 Å². The molecule has 4 heteroatoms. The zero-order chi connectivity index (χ0) is 15.4. The Kier molecular flexibility index (Phi) is 4.59. The average molecular weight is 358 g/mol. The van der Waals surface area contributed by atoms with Crippen LogP contribution in [0.25, 0.3) is 6.08 Å². The molecule has 1 aliphatic rings. The van der Waals surface area contributed by atoms with Crippen LogP contribution in [0.2, 0.25) is 0 Å². The molecule has 0 aliphatic carbocycles. The molecular formula is C18H16BrNO2. The summed E-state index contributed by atoms with van der Waals surface area (Å²) in [6.07, 6.45) is 4.17. The van der Waals surface area contributed by atoms with Crippen molar-refractivity contribution in [3.63, 3.8) is 0 Å². The van der Waals surface area contributed by atoms with Crippen molar-refractivity contribution in [2.75, 3.05) is 6.61 Å². The smallest absolute Gasteiger partial charge is 0.244 e. The van der Waals surface area contributed by atoms with Crippen molar-refractivity contribution in [1.29, 1.82) is 0 Å². The zero-order valence-electron chi connectivity index (χ0n) is 12.0. The topological polar surface area (TPSA) is 38.3 Å². The minimum Gasteiger partial charge on any atom is -0.493 e. The summed E-state index contributed by atoms with van der Waals surface area (Å²) in [6, 6.07) is 15.7. The van der Waals surface area contributed by atoms with E-state index in [-0.39, 0.29) is 11.9 Å².